The van der Waals surface area contributed by atoms with Gasteiger partial charge in [-0.25, -0.2) is 4.79 Å². The van der Waals surface area contributed by atoms with E-state index in [9.17, 15) is 9.59 Å². The van der Waals surface area contributed by atoms with Gasteiger partial charge in [0.25, 0.3) is 0 Å². The van der Waals surface area contributed by atoms with Crippen LogP contribution in [-0.2, 0) is 4.79 Å². The minimum atomic E-state index is -0.454. The van der Waals surface area contributed by atoms with Gasteiger partial charge in [-0.15, -0.1) is 0 Å². The van der Waals surface area contributed by atoms with Crippen LogP contribution in [0.1, 0.15) is 27.2 Å². The number of nitrogens with one attached hydrogen (secondary N) is 2. The van der Waals surface area contributed by atoms with E-state index in [0.717, 1.165) is 13.0 Å². The van der Waals surface area contributed by atoms with Crippen molar-refractivity contribution in [2.24, 2.45) is 5.73 Å². The Kier molecular flexibility index (Phi) is 7.49. The van der Waals surface area contributed by atoms with Crippen LogP contribution in [-0.4, -0.2) is 49.1 Å². The number of urea groups is 1. The summed E-state index contributed by atoms with van der Waals surface area (Å²) in [6, 6.07) is -0.697. The molecule has 0 spiro atoms. The van der Waals surface area contributed by atoms with Gasteiger partial charge in [-0.2, -0.15) is 0 Å². The standard InChI is InChI=1S/C11H24N4O2/c1-5-13-11(17)14-10(16)9(3)15(4)7-6-8(2)12/h8-9H,5-7,12H2,1-4H3,(H2,13,14,16,17). The average Bonchev–Trinajstić information content (AvgIpc) is 2.24. The molecule has 0 heterocycles. The Morgan fingerprint density at radius 1 is 1.35 bits per heavy atom. The summed E-state index contributed by atoms with van der Waals surface area (Å²) in [6.07, 6.45) is 0.815. The smallest absolute Gasteiger partial charge is 0.321 e. The van der Waals surface area contributed by atoms with Crippen molar-refractivity contribution in [1.82, 2.24) is 15.5 Å². The van der Waals surface area contributed by atoms with Gasteiger partial charge in [0.05, 0.1) is 6.04 Å². The zero-order chi connectivity index (χ0) is 13.4. The number of hydrogen-bond acceptors (Lipinski definition) is 4. The van der Waals surface area contributed by atoms with E-state index in [-0.39, 0.29) is 18.0 Å². The number of carbonyl (C=O) groups is 2. The minimum absolute atomic E-state index is 0.108. The molecule has 0 radical (unpaired) electrons. The predicted octanol–water partition coefficient (Wildman–Crippen LogP) is -0.110. The molecule has 0 saturated heterocycles. The summed E-state index contributed by atoms with van der Waals surface area (Å²) in [5.41, 5.74) is 5.65. The molecule has 0 fully saturated rings. The zero-order valence-electron chi connectivity index (χ0n) is 11.1. The topological polar surface area (TPSA) is 87.5 Å². The van der Waals surface area contributed by atoms with Gasteiger partial charge in [-0.05, 0) is 34.2 Å². The molecule has 6 heteroatoms. The average molecular weight is 244 g/mol. The molecule has 0 bridgehead atoms. The molecular formula is C11H24N4O2. The molecule has 0 saturated carbocycles. The second-order valence-corrected chi connectivity index (χ2v) is 4.27. The van der Waals surface area contributed by atoms with Crippen LogP contribution >= 0.6 is 0 Å². The Labute approximate surface area is 103 Å². The second kappa shape index (κ2) is 8.03. The Morgan fingerprint density at radius 3 is 2.41 bits per heavy atom. The number of likely N-dealkylation sites (N-methyl/N-ethyl adjacent to an activating group) is 1. The van der Waals surface area contributed by atoms with Gasteiger partial charge < -0.3 is 11.1 Å². The number of carbonyl (C=O) groups excluding carboxylic acids is 2. The van der Waals surface area contributed by atoms with Crippen molar-refractivity contribution < 1.29 is 9.59 Å². The van der Waals surface area contributed by atoms with E-state index in [2.05, 4.69) is 10.6 Å². The summed E-state index contributed by atoms with van der Waals surface area (Å²) in [6.45, 7) is 6.70. The minimum Gasteiger partial charge on any atom is -0.338 e. The third-order valence-electron chi connectivity index (χ3n) is 2.55. The van der Waals surface area contributed by atoms with Gasteiger partial charge >= 0.3 is 6.03 Å². The first kappa shape index (κ1) is 15.9. The van der Waals surface area contributed by atoms with E-state index in [1.165, 1.54) is 0 Å². The highest BCUT2D eigenvalue weighted by Crippen LogP contribution is 1.98. The quantitative estimate of drug-likeness (QED) is 0.608. The highest BCUT2D eigenvalue weighted by Gasteiger charge is 2.19. The maximum atomic E-state index is 11.7. The molecule has 6 nitrogen and oxygen atoms in total. The van der Waals surface area contributed by atoms with Crippen molar-refractivity contribution >= 4 is 11.9 Å². The van der Waals surface area contributed by atoms with Crippen LogP contribution in [0.2, 0.25) is 0 Å². The highest BCUT2D eigenvalue weighted by molar-refractivity contribution is 5.96. The fourth-order valence-corrected chi connectivity index (χ4v) is 1.22. The van der Waals surface area contributed by atoms with E-state index in [1.54, 1.807) is 13.8 Å². The van der Waals surface area contributed by atoms with Crippen LogP contribution in [0.3, 0.4) is 0 Å². The SMILES string of the molecule is CCNC(=O)NC(=O)C(C)N(C)CCC(C)N. The lowest BCUT2D eigenvalue weighted by Crippen LogP contribution is -2.49. The third-order valence-corrected chi connectivity index (χ3v) is 2.55. The normalized spacial score (nSPS) is 14.2. The van der Waals surface area contributed by atoms with Crippen LogP contribution < -0.4 is 16.4 Å². The van der Waals surface area contributed by atoms with Gasteiger partial charge in [-0.3, -0.25) is 15.0 Å². The van der Waals surface area contributed by atoms with E-state index in [0.29, 0.717) is 6.54 Å². The summed E-state index contributed by atoms with van der Waals surface area (Å²) >= 11 is 0. The molecule has 2 unspecified atom stereocenters. The first-order valence-electron chi connectivity index (χ1n) is 5.93. The molecule has 100 valence electrons. The summed E-state index contributed by atoms with van der Waals surface area (Å²) < 4.78 is 0. The molecule has 17 heavy (non-hydrogen) atoms. The summed E-state index contributed by atoms with van der Waals surface area (Å²) in [5, 5.41) is 4.80. The first-order chi connectivity index (χ1) is 7.88. The zero-order valence-corrected chi connectivity index (χ0v) is 11.1. The van der Waals surface area contributed by atoms with E-state index >= 15 is 0 Å². The molecule has 0 aliphatic carbocycles. The Hall–Kier alpha value is -1.14. The Balaban J connectivity index is 4.06. The lowest BCUT2D eigenvalue weighted by Gasteiger charge is -2.24. The molecule has 0 aliphatic rings. The predicted molar refractivity (Wildman–Crippen MR) is 67.6 cm³/mol. The molecular weight excluding hydrogens is 220 g/mol. The fraction of sp³-hybridized carbons (Fsp3) is 0.818. The van der Waals surface area contributed by atoms with Gasteiger partial charge in [0, 0.05) is 19.1 Å². The van der Waals surface area contributed by atoms with Crippen LogP contribution in [0.25, 0.3) is 0 Å². The molecule has 0 rings (SSSR count). The van der Waals surface area contributed by atoms with Crippen LogP contribution in [0.5, 0.6) is 0 Å². The molecule has 0 aromatic heterocycles. The van der Waals surface area contributed by atoms with Gasteiger partial charge in [-0.1, -0.05) is 0 Å². The van der Waals surface area contributed by atoms with Crippen LogP contribution in [0.4, 0.5) is 4.79 Å². The summed E-state index contributed by atoms with van der Waals surface area (Å²) in [7, 11) is 1.84. The number of imide groups is 1. The highest BCUT2D eigenvalue weighted by atomic mass is 16.2. The number of hydrogen-bond donors (Lipinski definition) is 3. The molecule has 0 aromatic carbocycles. The number of nitrogens with zero attached hydrogens (tertiary/aromatic N) is 1. The maximum Gasteiger partial charge on any atom is 0.321 e. The van der Waals surface area contributed by atoms with Gasteiger partial charge in [0.2, 0.25) is 5.91 Å². The van der Waals surface area contributed by atoms with Crippen molar-refractivity contribution in [2.45, 2.75) is 39.3 Å². The second-order valence-electron chi connectivity index (χ2n) is 4.27. The van der Waals surface area contributed by atoms with Crippen molar-refractivity contribution in [3.05, 3.63) is 0 Å². The van der Waals surface area contributed by atoms with E-state index in [4.69, 9.17) is 5.73 Å². The number of rotatable bonds is 6. The number of nitrogens with two attached hydrogens (primary N) is 1. The Bertz CT molecular complexity index is 256. The monoisotopic (exact) mass is 244 g/mol. The van der Waals surface area contributed by atoms with E-state index < -0.39 is 6.03 Å². The lowest BCUT2D eigenvalue weighted by molar-refractivity contribution is -0.124. The fourth-order valence-electron chi connectivity index (χ4n) is 1.22. The van der Waals surface area contributed by atoms with Gasteiger partial charge in [0.1, 0.15) is 0 Å². The largest absolute Gasteiger partial charge is 0.338 e. The number of amides is 3. The summed E-state index contributed by atoms with van der Waals surface area (Å²) in [4.78, 5) is 24.7. The molecule has 0 aromatic rings. The van der Waals surface area contributed by atoms with Crippen molar-refractivity contribution in [2.75, 3.05) is 20.1 Å². The maximum absolute atomic E-state index is 11.7. The molecule has 0 aliphatic heterocycles. The lowest BCUT2D eigenvalue weighted by atomic mass is 10.2. The molecule has 2 atom stereocenters. The summed E-state index contributed by atoms with van der Waals surface area (Å²) in [5.74, 6) is -0.303. The molecule has 4 N–H and O–H groups in total. The Morgan fingerprint density at radius 2 is 1.94 bits per heavy atom. The van der Waals surface area contributed by atoms with Crippen LogP contribution in [0.15, 0.2) is 0 Å². The third kappa shape index (κ3) is 6.91. The van der Waals surface area contributed by atoms with Gasteiger partial charge in [0.15, 0.2) is 0 Å². The molecule has 3 amide bonds. The first-order valence-corrected chi connectivity index (χ1v) is 5.93. The van der Waals surface area contributed by atoms with E-state index in [1.807, 2.05) is 18.9 Å². The van der Waals surface area contributed by atoms with Crippen molar-refractivity contribution in [3.63, 3.8) is 0 Å². The van der Waals surface area contributed by atoms with Crippen LogP contribution in [0, 0.1) is 0 Å². The van der Waals surface area contributed by atoms with Crippen molar-refractivity contribution in [1.29, 1.82) is 0 Å². The van der Waals surface area contributed by atoms with Crippen molar-refractivity contribution in [3.8, 4) is 0 Å².